The van der Waals surface area contributed by atoms with Crippen LogP contribution in [0.2, 0.25) is 0 Å². The molecule has 0 saturated heterocycles. The number of benzene rings is 1. The van der Waals surface area contributed by atoms with Crippen LogP contribution in [0.4, 0.5) is 0 Å². The van der Waals surface area contributed by atoms with Gasteiger partial charge in [-0.15, -0.1) is 0 Å². The minimum absolute atomic E-state index is 0.552. The summed E-state index contributed by atoms with van der Waals surface area (Å²) in [6.45, 7) is 5.65. The summed E-state index contributed by atoms with van der Waals surface area (Å²) in [6, 6.07) is 9.66. The van der Waals surface area contributed by atoms with Crippen LogP contribution in [0.3, 0.4) is 0 Å². The highest BCUT2D eigenvalue weighted by Gasteiger charge is 2.54. The number of rotatable bonds is 4. The van der Waals surface area contributed by atoms with Crippen molar-refractivity contribution in [2.45, 2.75) is 58.4 Å². The smallest absolute Gasteiger partial charge is 0.0380 e. The second-order valence-electron chi connectivity index (χ2n) is 8.13. The third kappa shape index (κ3) is 2.25. The quantitative estimate of drug-likeness (QED) is 0.832. The molecule has 1 unspecified atom stereocenters. The van der Waals surface area contributed by atoms with Gasteiger partial charge in [-0.25, -0.2) is 0 Å². The Labute approximate surface area is 129 Å². The Bertz CT molecular complexity index is 483. The average molecular weight is 283 g/mol. The van der Waals surface area contributed by atoms with Crippen molar-refractivity contribution in [3.63, 3.8) is 0 Å². The SMILES string of the molecule is CCNC(c1ccccc1C)C12CC3CC(CC(C3)C1)C2. The lowest BCUT2D eigenvalue weighted by molar-refractivity contribution is -0.0747. The molecule has 0 amide bonds. The zero-order valence-corrected chi connectivity index (χ0v) is 13.6. The molecule has 4 aliphatic rings. The van der Waals surface area contributed by atoms with E-state index in [1.807, 2.05) is 0 Å². The summed E-state index contributed by atoms with van der Waals surface area (Å²) >= 11 is 0. The molecule has 0 aromatic heterocycles. The van der Waals surface area contributed by atoms with Gasteiger partial charge in [-0.1, -0.05) is 31.2 Å². The molecule has 0 heterocycles. The molecule has 1 heteroatoms. The second kappa shape index (κ2) is 5.12. The predicted octanol–water partition coefficient (Wildman–Crippen LogP) is 4.86. The number of hydrogen-bond donors (Lipinski definition) is 1. The van der Waals surface area contributed by atoms with Crippen LogP contribution in [0, 0.1) is 30.1 Å². The monoisotopic (exact) mass is 283 g/mol. The molecule has 1 N–H and O–H groups in total. The Hall–Kier alpha value is -0.820. The Morgan fingerprint density at radius 2 is 1.62 bits per heavy atom. The van der Waals surface area contributed by atoms with Gasteiger partial charge in [-0.2, -0.15) is 0 Å². The van der Waals surface area contributed by atoms with Crippen LogP contribution < -0.4 is 5.32 Å². The molecule has 4 saturated carbocycles. The molecule has 4 aliphatic carbocycles. The first-order chi connectivity index (χ1) is 10.2. The Balaban J connectivity index is 1.72. The van der Waals surface area contributed by atoms with Crippen LogP contribution in [0.25, 0.3) is 0 Å². The maximum absolute atomic E-state index is 3.90. The first-order valence-corrected chi connectivity index (χ1v) is 8.99. The molecule has 4 fully saturated rings. The van der Waals surface area contributed by atoms with Gasteiger partial charge in [0.2, 0.25) is 0 Å². The topological polar surface area (TPSA) is 12.0 Å². The van der Waals surface area contributed by atoms with E-state index in [0.717, 1.165) is 24.3 Å². The van der Waals surface area contributed by atoms with E-state index in [0.29, 0.717) is 11.5 Å². The van der Waals surface area contributed by atoms with E-state index in [-0.39, 0.29) is 0 Å². The molecule has 0 aliphatic heterocycles. The molecule has 21 heavy (non-hydrogen) atoms. The zero-order valence-electron chi connectivity index (χ0n) is 13.6. The normalized spacial score (nSPS) is 38.7. The molecule has 1 aromatic rings. The lowest BCUT2D eigenvalue weighted by atomic mass is 9.47. The van der Waals surface area contributed by atoms with Gasteiger partial charge in [0.05, 0.1) is 0 Å². The lowest BCUT2D eigenvalue weighted by Gasteiger charge is -2.59. The number of hydrogen-bond acceptors (Lipinski definition) is 1. The summed E-state index contributed by atoms with van der Waals surface area (Å²) in [5.74, 6) is 3.09. The third-order valence-corrected chi connectivity index (χ3v) is 6.61. The van der Waals surface area contributed by atoms with Gasteiger partial charge >= 0.3 is 0 Å². The molecule has 1 atom stereocenters. The van der Waals surface area contributed by atoms with Gasteiger partial charge < -0.3 is 5.32 Å². The van der Waals surface area contributed by atoms with Crippen molar-refractivity contribution in [3.8, 4) is 0 Å². The van der Waals surface area contributed by atoms with Crippen LogP contribution >= 0.6 is 0 Å². The molecule has 5 rings (SSSR count). The van der Waals surface area contributed by atoms with Gasteiger partial charge in [0, 0.05) is 6.04 Å². The zero-order chi connectivity index (χ0) is 14.4. The summed E-state index contributed by atoms with van der Waals surface area (Å²) in [6.07, 6.45) is 9.03. The van der Waals surface area contributed by atoms with Crippen LogP contribution in [0.15, 0.2) is 24.3 Å². The van der Waals surface area contributed by atoms with Crippen LogP contribution in [0.1, 0.15) is 62.6 Å². The first-order valence-electron chi connectivity index (χ1n) is 8.99. The van der Waals surface area contributed by atoms with Gasteiger partial charge in [0.15, 0.2) is 0 Å². The molecule has 114 valence electrons. The Morgan fingerprint density at radius 3 is 2.14 bits per heavy atom. The van der Waals surface area contributed by atoms with Crippen molar-refractivity contribution in [2.24, 2.45) is 23.2 Å². The van der Waals surface area contributed by atoms with E-state index in [4.69, 9.17) is 0 Å². The summed E-state index contributed by atoms with van der Waals surface area (Å²) in [5.41, 5.74) is 3.59. The highest BCUT2D eigenvalue weighted by Crippen LogP contribution is 2.64. The second-order valence-corrected chi connectivity index (χ2v) is 8.13. The van der Waals surface area contributed by atoms with Crippen molar-refractivity contribution < 1.29 is 0 Å². The molecule has 0 spiro atoms. The summed E-state index contributed by atoms with van der Waals surface area (Å²) < 4.78 is 0. The average Bonchev–Trinajstić information content (AvgIpc) is 2.44. The fourth-order valence-electron chi connectivity index (χ4n) is 6.30. The van der Waals surface area contributed by atoms with Gasteiger partial charge in [-0.05, 0) is 86.3 Å². The highest BCUT2D eigenvalue weighted by molar-refractivity contribution is 5.31. The van der Waals surface area contributed by atoms with Gasteiger partial charge in [0.25, 0.3) is 0 Å². The number of aryl methyl sites for hydroxylation is 1. The van der Waals surface area contributed by atoms with Gasteiger partial charge in [0.1, 0.15) is 0 Å². The minimum Gasteiger partial charge on any atom is -0.310 e. The van der Waals surface area contributed by atoms with E-state index < -0.39 is 0 Å². The van der Waals surface area contributed by atoms with E-state index in [1.54, 1.807) is 5.56 Å². The Kier molecular flexibility index (Phi) is 3.37. The minimum atomic E-state index is 0.552. The lowest BCUT2D eigenvalue weighted by Crippen LogP contribution is -2.52. The van der Waals surface area contributed by atoms with Crippen molar-refractivity contribution >= 4 is 0 Å². The van der Waals surface area contributed by atoms with Crippen molar-refractivity contribution in [1.29, 1.82) is 0 Å². The van der Waals surface area contributed by atoms with E-state index in [9.17, 15) is 0 Å². The van der Waals surface area contributed by atoms with Crippen molar-refractivity contribution in [1.82, 2.24) is 5.32 Å². The van der Waals surface area contributed by atoms with Crippen LogP contribution in [-0.2, 0) is 0 Å². The molecular formula is C20H29N. The molecule has 0 radical (unpaired) electrons. The summed E-state index contributed by atoms with van der Waals surface area (Å²) in [4.78, 5) is 0. The van der Waals surface area contributed by atoms with Crippen molar-refractivity contribution in [2.75, 3.05) is 6.54 Å². The first kappa shape index (κ1) is 13.8. The fraction of sp³-hybridized carbons (Fsp3) is 0.700. The van der Waals surface area contributed by atoms with E-state index >= 15 is 0 Å². The summed E-state index contributed by atoms with van der Waals surface area (Å²) in [5, 5.41) is 3.90. The summed E-state index contributed by atoms with van der Waals surface area (Å²) in [7, 11) is 0. The van der Waals surface area contributed by atoms with Crippen LogP contribution in [0.5, 0.6) is 0 Å². The molecular weight excluding hydrogens is 254 g/mol. The Morgan fingerprint density at radius 1 is 1.05 bits per heavy atom. The highest BCUT2D eigenvalue weighted by atomic mass is 14.9. The van der Waals surface area contributed by atoms with Gasteiger partial charge in [-0.3, -0.25) is 0 Å². The molecule has 1 aromatic carbocycles. The predicted molar refractivity (Wildman–Crippen MR) is 88.2 cm³/mol. The van der Waals surface area contributed by atoms with Crippen molar-refractivity contribution in [3.05, 3.63) is 35.4 Å². The molecule has 1 nitrogen and oxygen atoms in total. The van der Waals surface area contributed by atoms with E-state index in [1.165, 1.54) is 44.1 Å². The maximum atomic E-state index is 3.90. The fourth-order valence-corrected chi connectivity index (χ4v) is 6.30. The van der Waals surface area contributed by atoms with E-state index in [2.05, 4.69) is 43.4 Å². The largest absolute Gasteiger partial charge is 0.310 e. The molecule has 4 bridgehead atoms. The third-order valence-electron chi connectivity index (χ3n) is 6.61. The van der Waals surface area contributed by atoms with Crippen LogP contribution in [-0.4, -0.2) is 6.54 Å². The standard InChI is InChI=1S/C20H29N/c1-3-21-19(18-7-5-4-6-14(18)2)20-11-15-8-16(12-20)10-17(9-15)13-20/h4-7,15-17,19,21H,3,8-13H2,1-2H3. The maximum Gasteiger partial charge on any atom is 0.0380 e. The number of nitrogens with one attached hydrogen (secondary N) is 1.